The first kappa shape index (κ1) is 23.6. The van der Waals surface area contributed by atoms with Crippen LogP contribution in [0.2, 0.25) is 0 Å². The largest absolute Gasteiger partial charge is 0.465 e. The minimum Gasteiger partial charge on any atom is -0.465 e. The molecule has 1 N–H and O–H groups in total. The van der Waals surface area contributed by atoms with Crippen LogP contribution in [0, 0.1) is 25.2 Å². The van der Waals surface area contributed by atoms with Crippen LogP contribution in [0.4, 0.5) is 11.7 Å². The Bertz CT molecular complexity index is 1380. The van der Waals surface area contributed by atoms with E-state index in [0.29, 0.717) is 0 Å². The van der Waals surface area contributed by atoms with Crippen molar-refractivity contribution in [1.82, 2.24) is 9.78 Å². The number of anilines is 2. The van der Waals surface area contributed by atoms with Gasteiger partial charge in [0.2, 0.25) is 5.88 Å². The van der Waals surface area contributed by atoms with Crippen molar-refractivity contribution in [3.63, 3.8) is 0 Å². The number of carbonyl (C=O) groups is 2. The Morgan fingerprint density at radius 3 is 2.45 bits per heavy atom. The van der Waals surface area contributed by atoms with Gasteiger partial charge in [-0.25, -0.2) is 13.2 Å². The number of nitrogens with one attached hydrogen (secondary N) is 1. The average Bonchev–Trinajstić information content (AvgIpc) is 3.31. The lowest BCUT2D eigenvalue weighted by Gasteiger charge is -2.20. The molecule has 11 nitrogen and oxygen atoms in total. The van der Waals surface area contributed by atoms with Crippen LogP contribution in [-0.4, -0.2) is 44.2 Å². The Kier molecular flexibility index (Phi) is 6.28. The van der Waals surface area contributed by atoms with Gasteiger partial charge in [0, 0.05) is 14.1 Å². The summed E-state index contributed by atoms with van der Waals surface area (Å²) in [5, 5.41) is 15.9. The third-order valence-corrected chi connectivity index (χ3v) is 6.70. The highest BCUT2D eigenvalue weighted by molar-refractivity contribution is 7.92. The summed E-state index contributed by atoms with van der Waals surface area (Å²) in [6.45, 7) is 3.28. The van der Waals surface area contributed by atoms with E-state index in [-0.39, 0.29) is 39.0 Å². The Hall–Kier alpha value is -4.11. The molecule has 1 amide bonds. The summed E-state index contributed by atoms with van der Waals surface area (Å²) >= 11 is 0. The number of hydrogen-bond acceptors (Lipinski definition) is 8. The molecule has 0 aliphatic heterocycles. The van der Waals surface area contributed by atoms with E-state index in [2.05, 4.69) is 15.2 Å². The van der Waals surface area contributed by atoms with E-state index in [0.717, 1.165) is 17.0 Å². The first-order valence-electron chi connectivity index (χ1n) is 9.53. The zero-order valence-corrected chi connectivity index (χ0v) is 19.3. The maximum absolute atomic E-state index is 13.1. The second-order valence-corrected chi connectivity index (χ2v) is 9.06. The number of sulfonamides is 1. The molecule has 12 heteroatoms. The topological polar surface area (TPSA) is 148 Å². The van der Waals surface area contributed by atoms with E-state index in [4.69, 9.17) is 4.42 Å². The molecule has 3 rings (SSSR count). The number of ether oxygens (including phenoxy) is 1. The van der Waals surface area contributed by atoms with Gasteiger partial charge in [0.25, 0.3) is 15.9 Å². The molecule has 0 unspecified atom stereocenters. The van der Waals surface area contributed by atoms with Crippen molar-refractivity contribution in [2.75, 3.05) is 23.8 Å². The summed E-state index contributed by atoms with van der Waals surface area (Å²) in [5.41, 5.74) is 0.485. The van der Waals surface area contributed by atoms with Crippen LogP contribution in [0.3, 0.4) is 0 Å². The molecule has 0 saturated carbocycles. The quantitative estimate of drug-likeness (QED) is 0.539. The van der Waals surface area contributed by atoms with E-state index in [1.165, 1.54) is 44.0 Å². The van der Waals surface area contributed by atoms with Crippen molar-refractivity contribution in [3.05, 3.63) is 58.5 Å². The lowest BCUT2D eigenvalue weighted by atomic mass is 10.1. The molecular formula is C21H21N5O6S. The number of benzene rings is 1. The lowest BCUT2D eigenvalue weighted by Crippen LogP contribution is -2.30. The summed E-state index contributed by atoms with van der Waals surface area (Å²) in [6.07, 6.45) is 1.19. The monoisotopic (exact) mass is 471 g/mol. The predicted molar refractivity (Wildman–Crippen MR) is 117 cm³/mol. The van der Waals surface area contributed by atoms with Gasteiger partial charge in [-0.2, -0.15) is 10.4 Å². The van der Waals surface area contributed by atoms with Gasteiger partial charge in [-0.3, -0.25) is 19.1 Å². The van der Waals surface area contributed by atoms with Crippen molar-refractivity contribution in [2.24, 2.45) is 7.05 Å². The number of rotatable bonds is 6. The maximum Gasteiger partial charge on any atom is 0.342 e. The molecule has 33 heavy (non-hydrogen) atoms. The minimum atomic E-state index is -4.00. The number of furan rings is 1. The van der Waals surface area contributed by atoms with E-state index < -0.39 is 21.9 Å². The number of hydrogen-bond donors (Lipinski definition) is 1. The molecular weight excluding hydrogens is 450 g/mol. The standard InChI is InChI=1S/C21H21N5O6S/c1-12-6-8-14(9-7-12)33(29,30)26(4)20-16(11-23-25(20)3)18(27)24-19-15(10-22)17(13(2)32-19)21(28)31-5/h6-9,11H,1-5H3,(H,24,27). The maximum atomic E-state index is 13.1. The van der Waals surface area contributed by atoms with Gasteiger partial charge in [0.1, 0.15) is 28.5 Å². The van der Waals surface area contributed by atoms with Gasteiger partial charge < -0.3 is 9.15 Å². The zero-order chi connectivity index (χ0) is 24.5. The van der Waals surface area contributed by atoms with E-state index >= 15 is 0 Å². The zero-order valence-electron chi connectivity index (χ0n) is 18.5. The molecule has 0 aliphatic rings. The number of carbonyl (C=O) groups excluding carboxylic acids is 2. The number of nitriles is 1. The molecule has 0 fully saturated rings. The van der Waals surface area contributed by atoms with Crippen LogP contribution < -0.4 is 9.62 Å². The molecule has 0 atom stereocenters. The molecule has 2 aromatic heterocycles. The third-order valence-electron chi connectivity index (χ3n) is 4.94. The smallest absolute Gasteiger partial charge is 0.342 e. The van der Waals surface area contributed by atoms with Gasteiger partial charge in [-0.1, -0.05) is 17.7 Å². The third kappa shape index (κ3) is 4.18. The van der Waals surface area contributed by atoms with Gasteiger partial charge in [0.15, 0.2) is 5.82 Å². The predicted octanol–water partition coefficient (Wildman–Crippen LogP) is 2.37. The van der Waals surface area contributed by atoms with Crippen molar-refractivity contribution in [2.45, 2.75) is 18.7 Å². The normalized spacial score (nSPS) is 11.0. The number of esters is 1. The van der Waals surface area contributed by atoms with Gasteiger partial charge >= 0.3 is 5.97 Å². The molecule has 0 saturated heterocycles. The molecule has 0 spiro atoms. The van der Waals surface area contributed by atoms with Crippen molar-refractivity contribution in [3.8, 4) is 6.07 Å². The Balaban J connectivity index is 1.99. The number of aromatic nitrogens is 2. The van der Waals surface area contributed by atoms with Gasteiger partial charge in [-0.15, -0.1) is 0 Å². The van der Waals surface area contributed by atoms with E-state index in [9.17, 15) is 23.3 Å². The highest BCUT2D eigenvalue weighted by atomic mass is 32.2. The van der Waals surface area contributed by atoms with Crippen LogP contribution >= 0.6 is 0 Å². The number of nitrogens with zero attached hydrogens (tertiary/aromatic N) is 4. The summed E-state index contributed by atoms with van der Waals surface area (Å²) in [7, 11) is -0.0632. The molecule has 0 aliphatic carbocycles. The number of aryl methyl sites for hydroxylation is 3. The first-order chi connectivity index (χ1) is 15.5. The van der Waals surface area contributed by atoms with Crippen LogP contribution in [0.1, 0.15) is 37.6 Å². The summed E-state index contributed by atoms with van der Waals surface area (Å²) in [6, 6.07) is 8.08. The summed E-state index contributed by atoms with van der Waals surface area (Å²) < 4.78 is 38.5. The lowest BCUT2D eigenvalue weighted by molar-refractivity contribution is 0.0598. The molecule has 3 aromatic rings. The summed E-state index contributed by atoms with van der Waals surface area (Å²) in [5.74, 6) is -1.77. The highest BCUT2D eigenvalue weighted by Crippen LogP contribution is 2.30. The second kappa shape index (κ2) is 8.79. The number of methoxy groups -OCH3 is 1. The minimum absolute atomic E-state index is 0.0111. The average molecular weight is 471 g/mol. The molecule has 172 valence electrons. The fourth-order valence-corrected chi connectivity index (χ4v) is 4.45. The van der Waals surface area contributed by atoms with E-state index in [1.807, 2.05) is 13.0 Å². The van der Waals surface area contributed by atoms with Crippen LogP contribution in [-0.2, 0) is 21.8 Å². The number of amides is 1. The van der Waals surface area contributed by atoms with Crippen molar-refractivity contribution >= 4 is 33.6 Å². The van der Waals surface area contributed by atoms with Gasteiger partial charge in [0.05, 0.1) is 18.2 Å². The van der Waals surface area contributed by atoms with Crippen molar-refractivity contribution in [1.29, 1.82) is 5.26 Å². The molecule has 0 bridgehead atoms. The van der Waals surface area contributed by atoms with Crippen LogP contribution in [0.5, 0.6) is 0 Å². The van der Waals surface area contributed by atoms with E-state index in [1.54, 1.807) is 12.1 Å². The molecule has 0 radical (unpaired) electrons. The molecule has 2 heterocycles. The Morgan fingerprint density at radius 2 is 1.88 bits per heavy atom. The second-order valence-electron chi connectivity index (χ2n) is 7.09. The van der Waals surface area contributed by atoms with Crippen LogP contribution in [0.15, 0.2) is 39.8 Å². The first-order valence-corrected chi connectivity index (χ1v) is 11.0. The Labute approximate surface area is 190 Å². The fraction of sp³-hybridized carbons (Fsp3) is 0.238. The Morgan fingerprint density at radius 1 is 1.24 bits per heavy atom. The van der Waals surface area contributed by atoms with Crippen LogP contribution in [0.25, 0.3) is 0 Å². The highest BCUT2D eigenvalue weighted by Gasteiger charge is 2.30. The SMILES string of the molecule is COC(=O)c1c(C)oc(NC(=O)c2cnn(C)c2N(C)S(=O)(=O)c2ccc(C)cc2)c1C#N. The fourth-order valence-electron chi connectivity index (χ4n) is 3.20. The summed E-state index contributed by atoms with van der Waals surface area (Å²) in [4.78, 5) is 25.0. The molecule has 1 aromatic carbocycles. The van der Waals surface area contributed by atoms with Crippen molar-refractivity contribution < 1.29 is 27.2 Å². The van der Waals surface area contributed by atoms with Gasteiger partial charge in [-0.05, 0) is 26.0 Å².